The molecule has 3 rings (SSSR count). The van der Waals surface area contributed by atoms with Crippen molar-refractivity contribution in [3.63, 3.8) is 0 Å². The van der Waals surface area contributed by atoms with Gasteiger partial charge in [0, 0.05) is 29.1 Å². The zero-order valence-corrected chi connectivity index (χ0v) is 16.8. The molecular weight excluding hydrogens is 370 g/mol. The predicted octanol–water partition coefficient (Wildman–Crippen LogP) is 3.98. The van der Waals surface area contributed by atoms with Gasteiger partial charge in [-0.2, -0.15) is 0 Å². The molecular formula is C22H23N3O2S. The average Bonchev–Trinajstić information content (AvgIpc) is 3.09. The molecule has 0 unspecified atom stereocenters. The van der Waals surface area contributed by atoms with E-state index in [2.05, 4.69) is 15.6 Å². The summed E-state index contributed by atoms with van der Waals surface area (Å²) in [6.07, 6.45) is 1.42. The lowest BCUT2D eigenvalue weighted by atomic mass is 10.1. The molecule has 0 spiro atoms. The van der Waals surface area contributed by atoms with Crippen molar-refractivity contribution in [1.82, 2.24) is 10.3 Å². The highest BCUT2D eigenvalue weighted by Gasteiger charge is 2.15. The number of thiazole rings is 1. The van der Waals surface area contributed by atoms with Gasteiger partial charge in [0.1, 0.15) is 5.01 Å². The summed E-state index contributed by atoms with van der Waals surface area (Å²) in [4.78, 5) is 30.0. The second-order valence-corrected chi connectivity index (χ2v) is 7.45. The van der Waals surface area contributed by atoms with Crippen LogP contribution in [0, 0.1) is 6.92 Å². The third kappa shape index (κ3) is 4.84. The highest BCUT2D eigenvalue weighted by atomic mass is 32.1. The summed E-state index contributed by atoms with van der Waals surface area (Å²) in [5, 5.41) is 6.35. The van der Waals surface area contributed by atoms with Crippen LogP contribution < -0.4 is 10.6 Å². The minimum atomic E-state index is -0.646. The van der Waals surface area contributed by atoms with Crippen LogP contribution in [-0.2, 0) is 22.4 Å². The summed E-state index contributed by atoms with van der Waals surface area (Å²) in [5.74, 6) is -1.27. The van der Waals surface area contributed by atoms with E-state index in [1.165, 1.54) is 0 Å². The number of aryl methyl sites for hydroxylation is 2. The molecule has 0 aliphatic rings. The number of para-hydroxylation sites is 1. The normalized spacial score (nSPS) is 10.5. The summed E-state index contributed by atoms with van der Waals surface area (Å²) in [5.41, 5.74) is 3.72. The summed E-state index contributed by atoms with van der Waals surface area (Å²) in [7, 11) is 0. The number of rotatable bonds is 6. The number of anilines is 1. The maximum absolute atomic E-state index is 12.1. The number of carbonyl (C=O) groups is 2. The smallest absolute Gasteiger partial charge is 0.313 e. The number of nitrogens with zero attached hydrogens (tertiary/aromatic N) is 1. The van der Waals surface area contributed by atoms with Crippen molar-refractivity contribution in [3.8, 4) is 10.6 Å². The minimum Gasteiger partial charge on any atom is -0.347 e. The second-order valence-electron chi connectivity index (χ2n) is 6.36. The number of hydrogen-bond acceptors (Lipinski definition) is 4. The molecule has 0 radical (unpaired) electrons. The Morgan fingerprint density at radius 3 is 2.46 bits per heavy atom. The Labute approximate surface area is 168 Å². The van der Waals surface area contributed by atoms with Gasteiger partial charge >= 0.3 is 11.8 Å². The highest BCUT2D eigenvalue weighted by molar-refractivity contribution is 7.15. The molecule has 0 saturated carbocycles. The first kappa shape index (κ1) is 19.8. The molecule has 0 aliphatic carbocycles. The standard InChI is InChI=1S/C22H23N3O2S/c1-3-16-9-7-8-12-18(16)25-21(27)20(26)23-14-13-19-15(2)24-22(28-19)17-10-5-4-6-11-17/h4-12H,3,13-14H2,1-2H3,(H,23,26)(H,25,27). The molecule has 0 bridgehead atoms. The highest BCUT2D eigenvalue weighted by Crippen LogP contribution is 2.27. The van der Waals surface area contributed by atoms with Gasteiger partial charge in [0.05, 0.1) is 5.69 Å². The molecule has 0 atom stereocenters. The average molecular weight is 394 g/mol. The van der Waals surface area contributed by atoms with Gasteiger partial charge in [0.2, 0.25) is 0 Å². The molecule has 2 aromatic carbocycles. The Hall–Kier alpha value is -2.99. The van der Waals surface area contributed by atoms with Crippen molar-refractivity contribution >= 4 is 28.8 Å². The number of carbonyl (C=O) groups excluding carboxylic acids is 2. The molecule has 0 saturated heterocycles. The molecule has 144 valence electrons. The second kappa shape index (κ2) is 9.28. The van der Waals surface area contributed by atoms with Crippen molar-refractivity contribution < 1.29 is 9.59 Å². The first-order valence-corrected chi connectivity index (χ1v) is 10.1. The fourth-order valence-corrected chi connectivity index (χ4v) is 3.93. The van der Waals surface area contributed by atoms with Crippen LogP contribution in [0.1, 0.15) is 23.1 Å². The summed E-state index contributed by atoms with van der Waals surface area (Å²) < 4.78 is 0. The number of amides is 2. The van der Waals surface area contributed by atoms with Crippen molar-refractivity contribution in [2.45, 2.75) is 26.7 Å². The monoisotopic (exact) mass is 393 g/mol. The van der Waals surface area contributed by atoms with Crippen LogP contribution in [0.2, 0.25) is 0 Å². The maximum atomic E-state index is 12.1. The van der Waals surface area contributed by atoms with Crippen LogP contribution in [0.4, 0.5) is 5.69 Å². The van der Waals surface area contributed by atoms with Gasteiger partial charge in [-0.25, -0.2) is 4.98 Å². The Bertz CT molecular complexity index is 967. The molecule has 2 amide bonds. The Kier molecular flexibility index (Phi) is 6.55. The van der Waals surface area contributed by atoms with E-state index in [1.54, 1.807) is 17.4 Å². The van der Waals surface area contributed by atoms with E-state index in [9.17, 15) is 9.59 Å². The molecule has 6 heteroatoms. The lowest BCUT2D eigenvalue weighted by molar-refractivity contribution is -0.136. The SMILES string of the molecule is CCc1ccccc1NC(=O)C(=O)NCCc1sc(-c2ccccc2)nc1C. The zero-order valence-electron chi connectivity index (χ0n) is 16.0. The van der Waals surface area contributed by atoms with Gasteiger partial charge in [-0.3, -0.25) is 9.59 Å². The Morgan fingerprint density at radius 2 is 1.71 bits per heavy atom. The lowest BCUT2D eigenvalue weighted by Gasteiger charge is -2.09. The van der Waals surface area contributed by atoms with E-state index in [-0.39, 0.29) is 0 Å². The van der Waals surface area contributed by atoms with E-state index < -0.39 is 11.8 Å². The van der Waals surface area contributed by atoms with Gasteiger partial charge in [0.15, 0.2) is 0 Å². The molecule has 2 N–H and O–H groups in total. The van der Waals surface area contributed by atoms with Gasteiger partial charge in [0.25, 0.3) is 0 Å². The Morgan fingerprint density at radius 1 is 1.00 bits per heavy atom. The lowest BCUT2D eigenvalue weighted by Crippen LogP contribution is -2.36. The molecule has 28 heavy (non-hydrogen) atoms. The molecule has 1 aromatic heterocycles. The topological polar surface area (TPSA) is 71.1 Å². The van der Waals surface area contributed by atoms with Crippen molar-refractivity contribution in [1.29, 1.82) is 0 Å². The molecule has 0 aliphatic heterocycles. The van der Waals surface area contributed by atoms with Crippen molar-refractivity contribution in [3.05, 3.63) is 70.7 Å². The molecule has 5 nitrogen and oxygen atoms in total. The van der Waals surface area contributed by atoms with Crippen LogP contribution in [-0.4, -0.2) is 23.3 Å². The minimum absolute atomic E-state index is 0.388. The van der Waals surface area contributed by atoms with E-state index >= 15 is 0 Å². The first-order chi connectivity index (χ1) is 13.6. The fourth-order valence-electron chi connectivity index (χ4n) is 2.86. The summed E-state index contributed by atoms with van der Waals surface area (Å²) in [6, 6.07) is 17.5. The summed E-state index contributed by atoms with van der Waals surface area (Å²) >= 11 is 1.62. The Balaban J connectivity index is 1.54. The van der Waals surface area contributed by atoms with E-state index in [0.717, 1.165) is 33.1 Å². The summed E-state index contributed by atoms with van der Waals surface area (Å²) in [6.45, 7) is 4.36. The van der Waals surface area contributed by atoms with E-state index in [0.29, 0.717) is 18.7 Å². The van der Waals surface area contributed by atoms with Crippen LogP contribution in [0.15, 0.2) is 54.6 Å². The molecule has 3 aromatic rings. The fraction of sp³-hybridized carbons (Fsp3) is 0.227. The van der Waals surface area contributed by atoms with E-state index in [1.807, 2.05) is 62.4 Å². The van der Waals surface area contributed by atoms with Crippen LogP contribution >= 0.6 is 11.3 Å². The third-order valence-corrected chi connectivity index (χ3v) is 5.67. The van der Waals surface area contributed by atoms with Crippen molar-refractivity contribution in [2.24, 2.45) is 0 Å². The van der Waals surface area contributed by atoms with Gasteiger partial charge < -0.3 is 10.6 Å². The van der Waals surface area contributed by atoms with Gasteiger partial charge in [-0.1, -0.05) is 55.5 Å². The number of nitrogens with one attached hydrogen (secondary N) is 2. The molecule has 0 fully saturated rings. The number of benzene rings is 2. The number of aromatic nitrogens is 1. The maximum Gasteiger partial charge on any atom is 0.313 e. The van der Waals surface area contributed by atoms with E-state index in [4.69, 9.17) is 0 Å². The van der Waals surface area contributed by atoms with Crippen LogP contribution in [0.25, 0.3) is 10.6 Å². The molecule has 1 heterocycles. The van der Waals surface area contributed by atoms with Crippen LogP contribution in [0.3, 0.4) is 0 Å². The van der Waals surface area contributed by atoms with Gasteiger partial charge in [-0.05, 0) is 25.0 Å². The van der Waals surface area contributed by atoms with Gasteiger partial charge in [-0.15, -0.1) is 11.3 Å². The first-order valence-electron chi connectivity index (χ1n) is 9.27. The third-order valence-electron chi connectivity index (χ3n) is 4.40. The quantitative estimate of drug-likeness (QED) is 0.622. The van der Waals surface area contributed by atoms with Crippen molar-refractivity contribution in [2.75, 3.05) is 11.9 Å². The zero-order chi connectivity index (χ0) is 19.9. The predicted molar refractivity (Wildman–Crippen MR) is 113 cm³/mol. The number of hydrogen-bond donors (Lipinski definition) is 2. The van der Waals surface area contributed by atoms with Crippen LogP contribution in [0.5, 0.6) is 0 Å². The largest absolute Gasteiger partial charge is 0.347 e.